The molecule has 17 heavy (non-hydrogen) atoms. The van der Waals surface area contributed by atoms with E-state index in [1.54, 1.807) is 22.9 Å². The lowest BCUT2D eigenvalue weighted by molar-refractivity contribution is 0.765. The van der Waals surface area contributed by atoms with Crippen LogP contribution in [-0.4, -0.2) is 20.2 Å². The molecule has 2 N–H and O–H groups in total. The van der Waals surface area contributed by atoms with Crippen molar-refractivity contribution in [2.45, 2.75) is 18.8 Å². The fraction of sp³-hybridized carbons (Fsp3) is 0.273. The molecule has 0 spiro atoms. The number of hydrogen-bond acceptors (Lipinski definition) is 5. The van der Waals surface area contributed by atoms with Crippen molar-refractivity contribution < 1.29 is 0 Å². The second kappa shape index (κ2) is 3.56. The Labute approximate surface area is 97.7 Å². The van der Waals surface area contributed by atoms with Crippen molar-refractivity contribution in [3.8, 4) is 11.8 Å². The Bertz CT molecular complexity index is 605. The second-order valence-corrected chi connectivity index (χ2v) is 4.11. The summed E-state index contributed by atoms with van der Waals surface area (Å²) in [5, 5.41) is 20.4. The molecule has 2 aromatic rings. The van der Waals surface area contributed by atoms with Gasteiger partial charge in [0.1, 0.15) is 0 Å². The molecule has 1 aliphatic carbocycles. The van der Waals surface area contributed by atoms with E-state index in [9.17, 15) is 0 Å². The predicted molar refractivity (Wildman–Crippen MR) is 60.3 cm³/mol. The van der Waals surface area contributed by atoms with Crippen LogP contribution in [0.1, 0.15) is 30.1 Å². The quantitative estimate of drug-likeness (QED) is 0.771. The Kier molecular flexibility index (Phi) is 2.05. The number of nitriles is 1. The highest BCUT2D eigenvalue weighted by Crippen LogP contribution is 2.39. The third-order valence-corrected chi connectivity index (χ3v) is 2.82. The molecule has 1 aromatic carbocycles. The molecule has 0 unspecified atom stereocenters. The predicted octanol–water partition coefficient (Wildman–Crippen LogP) is 0.994. The van der Waals surface area contributed by atoms with Crippen LogP contribution in [0.2, 0.25) is 0 Å². The third-order valence-electron chi connectivity index (χ3n) is 2.82. The summed E-state index contributed by atoms with van der Waals surface area (Å²) in [6.45, 7) is 0. The lowest BCUT2D eigenvalue weighted by Crippen LogP contribution is -2.05. The van der Waals surface area contributed by atoms with Crippen molar-refractivity contribution >= 4 is 5.69 Å². The number of anilines is 1. The topological polar surface area (TPSA) is 93.4 Å². The molecule has 0 aliphatic heterocycles. The molecule has 3 rings (SSSR count). The lowest BCUT2D eigenvalue weighted by atomic mass is 10.2. The molecule has 1 heterocycles. The van der Waals surface area contributed by atoms with E-state index in [1.807, 2.05) is 6.07 Å². The fourth-order valence-corrected chi connectivity index (χ4v) is 1.78. The molecule has 0 saturated heterocycles. The summed E-state index contributed by atoms with van der Waals surface area (Å²) < 4.78 is 1.66. The number of tetrazole rings is 1. The Balaban J connectivity index is 2.09. The van der Waals surface area contributed by atoms with Gasteiger partial charge in [0, 0.05) is 5.92 Å². The van der Waals surface area contributed by atoms with Gasteiger partial charge in [-0.3, -0.25) is 0 Å². The van der Waals surface area contributed by atoms with Gasteiger partial charge in [-0.25, -0.2) is 0 Å². The molecular weight excluding hydrogens is 216 g/mol. The molecule has 1 fully saturated rings. The standard InChI is InChI=1S/C11H10N6/c12-6-7-1-4-10(9(13)5-7)17-11(8-2-3-8)14-15-16-17/h1,4-5,8H,2-3,13H2. The smallest absolute Gasteiger partial charge is 0.159 e. The van der Waals surface area contributed by atoms with E-state index < -0.39 is 0 Å². The van der Waals surface area contributed by atoms with E-state index in [2.05, 4.69) is 15.5 Å². The van der Waals surface area contributed by atoms with Gasteiger partial charge in [-0.1, -0.05) is 0 Å². The molecule has 0 amide bonds. The maximum absolute atomic E-state index is 8.78. The normalized spacial score (nSPS) is 14.5. The first-order chi connectivity index (χ1) is 8.29. The third kappa shape index (κ3) is 1.61. The van der Waals surface area contributed by atoms with Crippen LogP contribution < -0.4 is 5.73 Å². The molecule has 1 aliphatic rings. The van der Waals surface area contributed by atoms with E-state index in [-0.39, 0.29) is 0 Å². The molecule has 1 saturated carbocycles. The summed E-state index contributed by atoms with van der Waals surface area (Å²) >= 11 is 0. The maximum atomic E-state index is 8.78. The van der Waals surface area contributed by atoms with Crippen molar-refractivity contribution in [2.24, 2.45) is 0 Å². The minimum Gasteiger partial charge on any atom is -0.397 e. The molecule has 6 heteroatoms. The average molecular weight is 226 g/mol. The number of aromatic nitrogens is 4. The van der Waals surface area contributed by atoms with Crippen molar-refractivity contribution in [3.05, 3.63) is 29.6 Å². The van der Waals surface area contributed by atoms with Crippen LogP contribution in [0.15, 0.2) is 18.2 Å². The van der Waals surface area contributed by atoms with E-state index in [4.69, 9.17) is 11.0 Å². The number of nitrogens with two attached hydrogens (primary N) is 1. The Morgan fingerprint density at radius 2 is 2.24 bits per heavy atom. The van der Waals surface area contributed by atoms with Crippen LogP contribution in [-0.2, 0) is 0 Å². The first-order valence-electron chi connectivity index (χ1n) is 5.38. The maximum Gasteiger partial charge on any atom is 0.159 e. The number of rotatable bonds is 2. The summed E-state index contributed by atoms with van der Waals surface area (Å²) in [7, 11) is 0. The molecule has 0 atom stereocenters. The van der Waals surface area contributed by atoms with Gasteiger partial charge in [0.2, 0.25) is 0 Å². The van der Waals surface area contributed by atoms with Crippen LogP contribution in [0.4, 0.5) is 5.69 Å². The Morgan fingerprint density at radius 1 is 1.41 bits per heavy atom. The molecule has 0 bridgehead atoms. The van der Waals surface area contributed by atoms with Crippen molar-refractivity contribution in [3.63, 3.8) is 0 Å². The summed E-state index contributed by atoms with van der Waals surface area (Å²) in [5.74, 6) is 1.29. The van der Waals surface area contributed by atoms with E-state index in [0.29, 0.717) is 17.2 Å². The molecule has 1 aromatic heterocycles. The van der Waals surface area contributed by atoms with Crippen LogP contribution in [0.25, 0.3) is 5.69 Å². The Hall–Kier alpha value is -2.42. The monoisotopic (exact) mass is 226 g/mol. The van der Waals surface area contributed by atoms with Crippen LogP contribution >= 0.6 is 0 Å². The van der Waals surface area contributed by atoms with Gasteiger partial charge in [0.25, 0.3) is 0 Å². The largest absolute Gasteiger partial charge is 0.397 e. The van der Waals surface area contributed by atoms with E-state index >= 15 is 0 Å². The highest BCUT2D eigenvalue weighted by molar-refractivity contribution is 5.60. The van der Waals surface area contributed by atoms with Gasteiger partial charge in [0.15, 0.2) is 5.82 Å². The van der Waals surface area contributed by atoms with Crippen molar-refractivity contribution in [1.82, 2.24) is 20.2 Å². The summed E-state index contributed by atoms with van der Waals surface area (Å²) in [5.41, 5.74) is 7.69. The number of nitrogens with zero attached hydrogens (tertiary/aromatic N) is 5. The van der Waals surface area contributed by atoms with Crippen LogP contribution in [0.5, 0.6) is 0 Å². The number of benzene rings is 1. The highest BCUT2D eigenvalue weighted by atomic mass is 15.5. The van der Waals surface area contributed by atoms with Crippen molar-refractivity contribution in [1.29, 1.82) is 5.26 Å². The second-order valence-electron chi connectivity index (χ2n) is 4.11. The molecular formula is C11H10N6. The molecule has 6 nitrogen and oxygen atoms in total. The Morgan fingerprint density at radius 3 is 2.88 bits per heavy atom. The van der Waals surface area contributed by atoms with E-state index in [0.717, 1.165) is 24.4 Å². The highest BCUT2D eigenvalue weighted by Gasteiger charge is 2.30. The zero-order valence-electron chi connectivity index (χ0n) is 9.04. The van der Waals surface area contributed by atoms with Gasteiger partial charge >= 0.3 is 0 Å². The SMILES string of the molecule is N#Cc1ccc(-n2nnnc2C2CC2)c(N)c1. The minimum atomic E-state index is 0.444. The van der Waals surface area contributed by atoms with Crippen molar-refractivity contribution in [2.75, 3.05) is 5.73 Å². The first kappa shape index (κ1) is 9.78. The fourth-order valence-electron chi connectivity index (χ4n) is 1.78. The van der Waals surface area contributed by atoms with Crippen LogP contribution in [0, 0.1) is 11.3 Å². The summed E-state index contributed by atoms with van der Waals surface area (Å²) in [6.07, 6.45) is 2.24. The number of hydrogen-bond donors (Lipinski definition) is 1. The zero-order chi connectivity index (χ0) is 11.8. The number of nitrogen functional groups attached to an aromatic ring is 1. The van der Waals surface area contributed by atoms with E-state index in [1.165, 1.54) is 0 Å². The lowest BCUT2D eigenvalue weighted by Gasteiger charge is -2.06. The summed E-state index contributed by atoms with van der Waals surface area (Å²) in [4.78, 5) is 0. The minimum absolute atomic E-state index is 0.444. The molecule has 0 radical (unpaired) electrons. The van der Waals surface area contributed by atoms with Gasteiger partial charge in [0.05, 0.1) is 23.0 Å². The first-order valence-corrected chi connectivity index (χ1v) is 5.38. The van der Waals surface area contributed by atoms with Gasteiger partial charge in [-0.15, -0.1) is 5.10 Å². The average Bonchev–Trinajstić information content (AvgIpc) is 3.08. The zero-order valence-corrected chi connectivity index (χ0v) is 9.04. The molecule has 84 valence electrons. The van der Waals surface area contributed by atoms with Gasteiger partial charge in [-0.2, -0.15) is 9.94 Å². The van der Waals surface area contributed by atoms with Crippen LogP contribution in [0.3, 0.4) is 0 Å². The van der Waals surface area contributed by atoms with Gasteiger partial charge in [-0.05, 0) is 41.5 Å². The summed E-state index contributed by atoms with van der Waals surface area (Å²) in [6, 6.07) is 7.17. The van der Waals surface area contributed by atoms with Gasteiger partial charge < -0.3 is 5.73 Å².